The molecule has 3 aromatic rings. The first-order valence-corrected chi connectivity index (χ1v) is 7.89. The molecule has 4 nitrogen and oxygen atoms in total. The molecule has 0 aliphatic rings. The molecule has 1 amide bonds. The van der Waals surface area contributed by atoms with Crippen molar-refractivity contribution in [3.63, 3.8) is 0 Å². The number of hydrogen-bond donors (Lipinski definition) is 2. The molecule has 5 heteroatoms. The maximum atomic E-state index is 11.8. The van der Waals surface area contributed by atoms with E-state index in [1.807, 2.05) is 48.5 Å². The predicted molar refractivity (Wildman–Crippen MR) is 99.6 cm³/mol. The lowest BCUT2D eigenvalue weighted by Gasteiger charge is -2.06. The fraction of sp³-hybridized carbons (Fsp3) is 0.0526. The minimum Gasteiger partial charge on any atom is -0.376 e. The molecule has 0 aliphatic heterocycles. The summed E-state index contributed by atoms with van der Waals surface area (Å²) in [6.07, 6.45) is 1.56. The zero-order chi connectivity index (χ0) is 16.8. The molecule has 0 saturated carbocycles. The molecular formula is C19H16ClN3O. The Bertz CT molecular complexity index is 892. The van der Waals surface area contributed by atoms with Gasteiger partial charge in [-0.25, -0.2) is 5.43 Å². The quantitative estimate of drug-likeness (QED) is 0.545. The summed E-state index contributed by atoms with van der Waals surface area (Å²) >= 11 is 5.89. The second kappa shape index (κ2) is 7.62. The van der Waals surface area contributed by atoms with Gasteiger partial charge in [0.25, 0.3) is 5.91 Å². The van der Waals surface area contributed by atoms with Crippen molar-refractivity contribution in [3.8, 4) is 0 Å². The van der Waals surface area contributed by atoms with Crippen LogP contribution in [-0.4, -0.2) is 18.7 Å². The first-order chi connectivity index (χ1) is 11.7. The summed E-state index contributed by atoms with van der Waals surface area (Å²) < 4.78 is 0. The predicted octanol–water partition coefficient (Wildman–Crippen LogP) is 4.06. The van der Waals surface area contributed by atoms with E-state index in [9.17, 15) is 4.79 Å². The average Bonchev–Trinajstić information content (AvgIpc) is 2.60. The molecule has 120 valence electrons. The van der Waals surface area contributed by atoms with Crippen molar-refractivity contribution in [3.05, 3.63) is 77.3 Å². The molecule has 0 saturated heterocycles. The summed E-state index contributed by atoms with van der Waals surface area (Å²) in [6, 6.07) is 21.3. The molecule has 24 heavy (non-hydrogen) atoms. The van der Waals surface area contributed by atoms with Crippen molar-refractivity contribution in [2.45, 2.75) is 0 Å². The van der Waals surface area contributed by atoms with Gasteiger partial charge in [0, 0.05) is 10.7 Å². The summed E-state index contributed by atoms with van der Waals surface area (Å²) in [7, 11) is 0. The monoisotopic (exact) mass is 337 g/mol. The van der Waals surface area contributed by atoms with E-state index in [1.165, 1.54) is 5.39 Å². The Morgan fingerprint density at radius 3 is 2.67 bits per heavy atom. The molecule has 0 heterocycles. The molecule has 0 unspecified atom stereocenters. The highest BCUT2D eigenvalue weighted by molar-refractivity contribution is 6.30. The van der Waals surface area contributed by atoms with Crippen molar-refractivity contribution in [2.75, 3.05) is 11.9 Å². The molecule has 3 rings (SSSR count). The number of rotatable bonds is 5. The van der Waals surface area contributed by atoms with Crippen LogP contribution in [0.5, 0.6) is 0 Å². The molecule has 0 bridgehead atoms. The van der Waals surface area contributed by atoms with Gasteiger partial charge in [-0.15, -0.1) is 0 Å². The summed E-state index contributed by atoms with van der Waals surface area (Å²) in [5.41, 5.74) is 4.20. The number of nitrogens with one attached hydrogen (secondary N) is 2. The van der Waals surface area contributed by atoms with Crippen LogP contribution in [0.1, 0.15) is 5.56 Å². The van der Waals surface area contributed by atoms with Crippen LogP contribution in [0.3, 0.4) is 0 Å². The van der Waals surface area contributed by atoms with Crippen LogP contribution in [0.2, 0.25) is 5.02 Å². The first-order valence-electron chi connectivity index (χ1n) is 7.51. The Hall–Kier alpha value is -2.85. The Morgan fingerprint density at radius 1 is 1.00 bits per heavy atom. The summed E-state index contributed by atoms with van der Waals surface area (Å²) in [5, 5.41) is 9.93. The third-order valence-electron chi connectivity index (χ3n) is 3.45. The van der Waals surface area contributed by atoms with Crippen molar-refractivity contribution >= 4 is 40.2 Å². The second-order valence-corrected chi connectivity index (χ2v) is 5.70. The van der Waals surface area contributed by atoms with Gasteiger partial charge in [0.15, 0.2) is 0 Å². The minimum atomic E-state index is -0.221. The van der Waals surface area contributed by atoms with Gasteiger partial charge in [-0.3, -0.25) is 4.79 Å². The standard InChI is InChI=1S/C19H16ClN3O/c20-17-7-3-4-14(10-17)12-22-23-19(24)13-21-18-9-8-15-5-1-2-6-16(15)11-18/h1-12,21H,13H2,(H,23,24)/b22-12-. The number of nitrogens with zero attached hydrogens (tertiary/aromatic N) is 1. The van der Waals surface area contributed by atoms with Crippen LogP contribution in [0.25, 0.3) is 10.8 Å². The van der Waals surface area contributed by atoms with Crippen molar-refractivity contribution in [1.29, 1.82) is 0 Å². The normalized spacial score (nSPS) is 10.9. The molecule has 0 aliphatic carbocycles. The average molecular weight is 338 g/mol. The topological polar surface area (TPSA) is 53.5 Å². The van der Waals surface area contributed by atoms with Gasteiger partial charge in [0.1, 0.15) is 0 Å². The van der Waals surface area contributed by atoms with E-state index in [4.69, 9.17) is 11.6 Å². The molecule has 2 N–H and O–H groups in total. The molecule has 0 spiro atoms. The number of anilines is 1. The first kappa shape index (κ1) is 16.0. The van der Waals surface area contributed by atoms with E-state index in [2.05, 4.69) is 21.9 Å². The van der Waals surface area contributed by atoms with Crippen molar-refractivity contribution in [1.82, 2.24) is 5.43 Å². The zero-order valence-electron chi connectivity index (χ0n) is 12.9. The number of fused-ring (bicyclic) bond motifs is 1. The number of benzene rings is 3. The van der Waals surface area contributed by atoms with Crippen LogP contribution in [-0.2, 0) is 4.79 Å². The number of amides is 1. The van der Waals surface area contributed by atoms with Crippen molar-refractivity contribution in [2.24, 2.45) is 5.10 Å². The van der Waals surface area contributed by atoms with E-state index in [0.717, 1.165) is 16.6 Å². The highest BCUT2D eigenvalue weighted by atomic mass is 35.5. The number of hydrogen-bond acceptors (Lipinski definition) is 3. The van der Waals surface area contributed by atoms with E-state index < -0.39 is 0 Å². The summed E-state index contributed by atoms with van der Waals surface area (Å²) in [5.74, 6) is -0.221. The largest absolute Gasteiger partial charge is 0.376 e. The highest BCUT2D eigenvalue weighted by Gasteiger charge is 2.00. The molecule has 0 aromatic heterocycles. The van der Waals surface area contributed by atoms with Gasteiger partial charge < -0.3 is 5.32 Å². The Morgan fingerprint density at radius 2 is 1.83 bits per heavy atom. The molecular weight excluding hydrogens is 322 g/mol. The zero-order valence-corrected chi connectivity index (χ0v) is 13.6. The maximum absolute atomic E-state index is 11.8. The lowest BCUT2D eigenvalue weighted by Crippen LogP contribution is -2.25. The number of carbonyl (C=O) groups excluding carboxylic acids is 1. The number of hydrazone groups is 1. The Labute approximate surface area is 145 Å². The third-order valence-corrected chi connectivity index (χ3v) is 3.69. The van der Waals surface area contributed by atoms with Gasteiger partial charge >= 0.3 is 0 Å². The number of halogens is 1. The minimum absolute atomic E-state index is 0.144. The molecule has 3 aromatic carbocycles. The second-order valence-electron chi connectivity index (χ2n) is 5.26. The van der Waals surface area contributed by atoms with Crippen molar-refractivity contribution < 1.29 is 4.79 Å². The highest BCUT2D eigenvalue weighted by Crippen LogP contribution is 2.18. The fourth-order valence-electron chi connectivity index (χ4n) is 2.29. The van der Waals surface area contributed by atoms with Crippen LogP contribution in [0.15, 0.2) is 71.8 Å². The van der Waals surface area contributed by atoms with E-state index in [-0.39, 0.29) is 12.5 Å². The molecule has 0 atom stereocenters. The van der Waals surface area contributed by atoms with Gasteiger partial charge in [-0.05, 0) is 40.6 Å². The van der Waals surface area contributed by atoms with Crippen LogP contribution in [0.4, 0.5) is 5.69 Å². The van der Waals surface area contributed by atoms with Crippen LogP contribution in [0, 0.1) is 0 Å². The SMILES string of the molecule is O=C(CNc1ccc2ccccc2c1)N/N=C\c1cccc(Cl)c1. The van der Waals surface area contributed by atoms with E-state index in [1.54, 1.807) is 18.3 Å². The lowest BCUT2D eigenvalue weighted by atomic mass is 10.1. The van der Waals surface area contributed by atoms with Gasteiger partial charge in [0.2, 0.25) is 0 Å². The molecule has 0 fully saturated rings. The smallest absolute Gasteiger partial charge is 0.259 e. The van der Waals surface area contributed by atoms with Gasteiger partial charge in [0.05, 0.1) is 12.8 Å². The Balaban J connectivity index is 1.53. The summed E-state index contributed by atoms with van der Waals surface area (Å²) in [4.78, 5) is 11.8. The van der Waals surface area contributed by atoms with Crippen LogP contribution < -0.4 is 10.7 Å². The van der Waals surface area contributed by atoms with E-state index in [0.29, 0.717) is 5.02 Å². The number of carbonyl (C=O) groups is 1. The lowest BCUT2D eigenvalue weighted by molar-refractivity contribution is -0.119. The van der Waals surface area contributed by atoms with E-state index >= 15 is 0 Å². The summed E-state index contributed by atoms with van der Waals surface area (Å²) in [6.45, 7) is 0.144. The molecule has 0 radical (unpaired) electrons. The van der Waals surface area contributed by atoms with Crippen LogP contribution >= 0.6 is 11.6 Å². The van der Waals surface area contributed by atoms with Gasteiger partial charge in [-0.2, -0.15) is 5.10 Å². The third kappa shape index (κ3) is 4.33. The Kier molecular flexibility index (Phi) is 5.08. The fourth-order valence-corrected chi connectivity index (χ4v) is 2.49. The maximum Gasteiger partial charge on any atom is 0.259 e. The van der Waals surface area contributed by atoms with Gasteiger partial charge in [-0.1, -0.05) is 54.1 Å².